The first-order valence-corrected chi connectivity index (χ1v) is 4.32. The third-order valence-electron chi connectivity index (χ3n) is 2.10. The van der Waals surface area contributed by atoms with Crippen LogP contribution in [-0.4, -0.2) is 30.0 Å². The number of guanidine groups is 1. The Hall–Kier alpha value is -0.150. The van der Waals surface area contributed by atoms with Crippen LogP contribution in [0.25, 0.3) is 0 Å². The second-order valence-corrected chi connectivity index (χ2v) is 3.09. The zero-order valence-corrected chi connectivity index (χ0v) is 9.83. The van der Waals surface area contributed by atoms with Gasteiger partial charge in [-0.2, -0.15) is 0 Å². The van der Waals surface area contributed by atoms with E-state index in [1.54, 1.807) is 0 Å². The Morgan fingerprint density at radius 3 is 2.54 bits per heavy atom. The number of unbranched alkanes of at least 4 members (excludes halogenated alkanes) is 1. The molecule has 5 heteroatoms. The molecule has 1 aliphatic heterocycles. The van der Waals surface area contributed by atoms with Crippen LogP contribution in [0.1, 0.15) is 26.7 Å². The van der Waals surface area contributed by atoms with Crippen molar-refractivity contribution in [2.24, 2.45) is 10.7 Å². The number of hydrogen-bond donors (Lipinski definition) is 1. The summed E-state index contributed by atoms with van der Waals surface area (Å²) in [4.78, 5) is 6.36. The molecule has 0 aromatic heterocycles. The van der Waals surface area contributed by atoms with Gasteiger partial charge in [-0.05, 0) is 13.3 Å². The van der Waals surface area contributed by atoms with E-state index in [9.17, 15) is 0 Å². The van der Waals surface area contributed by atoms with Crippen LogP contribution in [0.15, 0.2) is 4.99 Å². The lowest BCUT2D eigenvalue weighted by Gasteiger charge is -2.22. The van der Waals surface area contributed by atoms with Crippen molar-refractivity contribution < 1.29 is 0 Å². The molecule has 1 aliphatic rings. The Morgan fingerprint density at radius 2 is 2.15 bits per heavy atom. The molecular weight excluding hydrogens is 209 g/mol. The standard InChI is InChI=1S/C8H17N3.2ClH/c1-3-4-5-11-7(2)6-10-8(11)9;;/h7H,3-6H2,1-2H3,(H2,9,10);2*1H. The van der Waals surface area contributed by atoms with E-state index >= 15 is 0 Å². The average molecular weight is 228 g/mol. The Morgan fingerprint density at radius 1 is 1.54 bits per heavy atom. The zero-order valence-electron chi connectivity index (χ0n) is 8.19. The average Bonchev–Trinajstić information content (AvgIpc) is 2.29. The van der Waals surface area contributed by atoms with Crippen molar-refractivity contribution in [1.29, 1.82) is 0 Å². The summed E-state index contributed by atoms with van der Waals surface area (Å²) in [7, 11) is 0. The molecule has 80 valence electrons. The quantitative estimate of drug-likeness (QED) is 0.797. The molecule has 3 nitrogen and oxygen atoms in total. The minimum Gasteiger partial charge on any atom is -0.370 e. The summed E-state index contributed by atoms with van der Waals surface area (Å²) < 4.78 is 0. The summed E-state index contributed by atoms with van der Waals surface area (Å²) in [6, 6.07) is 0.515. The lowest BCUT2D eigenvalue weighted by Crippen LogP contribution is -2.39. The molecule has 0 spiro atoms. The van der Waals surface area contributed by atoms with Gasteiger partial charge in [-0.3, -0.25) is 4.99 Å². The molecule has 1 heterocycles. The Labute approximate surface area is 92.6 Å². The van der Waals surface area contributed by atoms with Gasteiger partial charge in [-0.15, -0.1) is 24.8 Å². The summed E-state index contributed by atoms with van der Waals surface area (Å²) in [6.07, 6.45) is 2.43. The smallest absolute Gasteiger partial charge is 0.191 e. The van der Waals surface area contributed by atoms with Gasteiger partial charge in [0.1, 0.15) is 0 Å². The number of rotatable bonds is 3. The Bertz CT molecular complexity index is 161. The van der Waals surface area contributed by atoms with Gasteiger partial charge in [0.25, 0.3) is 0 Å². The van der Waals surface area contributed by atoms with E-state index in [2.05, 4.69) is 23.7 Å². The van der Waals surface area contributed by atoms with Gasteiger partial charge >= 0.3 is 0 Å². The predicted molar refractivity (Wildman–Crippen MR) is 62.1 cm³/mol. The van der Waals surface area contributed by atoms with E-state index in [1.807, 2.05) is 0 Å². The van der Waals surface area contributed by atoms with E-state index in [0.717, 1.165) is 19.0 Å². The predicted octanol–water partition coefficient (Wildman–Crippen LogP) is 1.65. The zero-order chi connectivity index (χ0) is 8.27. The molecule has 0 amide bonds. The maximum atomic E-state index is 5.69. The number of aliphatic imine (C=N–C) groups is 1. The van der Waals surface area contributed by atoms with E-state index in [1.165, 1.54) is 12.8 Å². The molecule has 13 heavy (non-hydrogen) atoms. The normalized spacial score (nSPS) is 20.3. The molecule has 0 radical (unpaired) electrons. The van der Waals surface area contributed by atoms with Gasteiger partial charge in [0.2, 0.25) is 0 Å². The van der Waals surface area contributed by atoms with Crippen molar-refractivity contribution in [3.05, 3.63) is 0 Å². The van der Waals surface area contributed by atoms with Crippen molar-refractivity contribution >= 4 is 30.8 Å². The van der Waals surface area contributed by atoms with Gasteiger partial charge < -0.3 is 10.6 Å². The van der Waals surface area contributed by atoms with Crippen LogP contribution in [0.3, 0.4) is 0 Å². The second-order valence-electron chi connectivity index (χ2n) is 3.09. The topological polar surface area (TPSA) is 41.6 Å². The van der Waals surface area contributed by atoms with Gasteiger partial charge in [-0.1, -0.05) is 13.3 Å². The van der Waals surface area contributed by atoms with Crippen LogP contribution >= 0.6 is 24.8 Å². The van der Waals surface area contributed by atoms with Gasteiger partial charge in [0, 0.05) is 12.6 Å². The van der Waals surface area contributed by atoms with Crippen LogP contribution in [0.4, 0.5) is 0 Å². The maximum absolute atomic E-state index is 5.69. The molecule has 1 rings (SSSR count). The van der Waals surface area contributed by atoms with E-state index in [0.29, 0.717) is 6.04 Å². The van der Waals surface area contributed by atoms with Crippen molar-refractivity contribution in [2.45, 2.75) is 32.7 Å². The van der Waals surface area contributed by atoms with Gasteiger partial charge in [0.05, 0.1) is 6.54 Å². The monoisotopic (exact) mass is 227 g/mol. The fourth-order valence-corrected chi connectivity index (χ4v) is 1.30. The molecule has 0 aromatic carbocycles. The van der Waals surface area contributed by atoms with E-state index in [4.69, 9.17) is 5.73 Å². The SMILES string of the molecule is CCCCN1C(N)=NCC1C.Cl.Cl. The first-order chi connectivity index (χ1) is 5.25. The summed E-state index contributed by atoms with van der Waals surface area (Å²) in [6.45, 7) is 6.29. The van der Waals surface area contributed by atoms with Crippen molar-refractivity contribution in [3.8, 4) is 0 Å². The van der Waals surface area contributed by atoms with Crippen molar-refractivity contribution in [2.75, 3.05) is 13.1 Å². The van der Waals surface area contributed by atoms with Crippen LogP contribution in [-0.2, 0) is 0 Å². The highest BCUT2D eigenvalue weighted by Crippen LogP contribution is 2.08. The molecule has 0 aromatic rings. The van der Waals surface area contributed by atoms with Crippen molar-refractivity contribution in [1.82, 2.24) is 4.90 Å². The molecule has 0 bridgehead atoms. The van der Waals surface area contributed by atoms with Gasteiger partial charge in [-0.25, -0.2) is 0 Å². The molecule has 0 saturated carbocycles. The Kier molecular flexibility index (Phi) is 8.57. The minimum absolute atomic E-state index is 0. The lowest BCUT2D eigenvalue weighted by atomic mass is 10.2. The molecule has 1 atom stereocenters. The van der Waals surface area contributed by atoms with E-state index < -0.39 is 0 Å². The largest absolute Gasteiger partial charge is 0.370 e. The molecule has 0 fully saturated rings. The Balaban J connectivity index is 0. The summed E-state index contributed by atoms with van der Waals surface area (Å²) >= 11 is 0. The van der Waals surface area contributed by atoms with Crippen LogP contribution < -0.4 is 5.73 Å². The number of nitrogens with zero attached hydrogens (tertiary/aromatic N) is 2. The highest BCUT2D eigenvalue weighted by Gasteiger charge is 2.20. The molecule has 0 saturated heterocycles. The second kappa shape index (κ2) is 7.27. The summed E-state index contributed by atoms with van der Waals surface area (Å²) in [5.74, 6) is 0.728. The van der Waals surface area contributed by atoms with Crippen molar-refractivity contribution in [3.63, 3.8) is 0 Å². The van der Waals surface area contributed by atoms with Crippen LogP contribution in [0.2, 0.25) is 0 Å². The third-order valence-corrected chi connectivity index (χ3v) is 2.10. The number of halogens is 2. The van der Waals surface area contributed by atoms with Crippen LogP contribution in [0, 0.1) is 0 Å². The summed E-state index contributed by atoms with van der Waals surface area (Å²) in [5, 5.41) is 0. The molecule has 2 N–H and O–H groups in total. The fourth-order valence-electron chi connectivity index (χ4n) is 1.30. The fraction of sp³-hybridized carbons (Fsp3) is 0.875. The first-order valence-electron chi connectivity index (χ1n) is 4.32. The van der Waals surface area contributed by atoms with Gasteiger partial charge in [0.15, 0.2) is 5.96 Å². The van der Waals surface area contributed by atoms with Crippen LogP contribution in [0.5, 0.6) is 0 Å². The van der Waals surface area contributed by atoms with E-state index in [-0.39, 0.29) is 24.8 Å². The maximum Gasteiger partial charge on any atom is 0.191 e. The third kappa shape index (κ3) is 4.05. The highest BCUT2D eigenvalue weighted by molar-refractivity contribution is 5.85. The lowest BCUT2D eigenvalue weighted by molar-refractivity contribution is 0.353. The summed E-state index contributed by atoms with van der Waals surface area (Å²) in [5.41, 5.74) is 5.69. The first kappa shape index (κ1) is 15.3. The number of nitrogens with two attached hydrogens (primary N) is 1. The molecular formula is C8H19Cl2N3. The molecule has 1 unspecified atom stereocenters. The minimum atomic E-state index is 0. The molecule has 0 aliphatic carbocycles. The number of hydrogen-bond acceptors (Lipinski definition) is 3. The highest BCUT2D eigenvalue weighted by atomic mass is 35.5.